The summed E-state index contributed by atoms with van der Waals surface area (Å²) in [7, 11) is 1.60. The molecule has 2 aliphatic heterocycles. The predicted molar refractivity (Wildman–Crippen MR) is 116 cm³/mol. The summed E-state index contributed by atoms with van der Waals surface area (Å²) in [6.45, 7) is 2.44. The van der Waals surface area contributed by atoms with Crippen LogP contribution in [0, 0.1) is 5.41 Å². The van der Waals surface area contributed by atoms with Gasteiger partial charge in [0.2, 0.25) is 11.8 Å². The number of methoxy groups -OCH3 is 1. The fourth-order valence-electron chi connectivity index (χ4n) is 4.64. The summed E-state index contributed by atoms with van der Waals surface area (Å²) in [6, 6.07) is 10.9. The summed E-state index contributed by atoms with van der Waals surface area (Å²) in [5, 5.41) is 11.6. The molecule has 2 fully saturated rings. The Morgan fingerprint density at radius 1 is 1.19 bits per heavy atom. The van der Waals surface area contributed by atoms with Crippen LogP contribution in [-0.2, 0) is 4.74 Å². The van der Waals surface area contributed by atoms with Crippen LogP contribution in [0.2, 0.25) is 0 Å². The van der Waals surface area contributed by atoms with Gasteiger partial charge in [0.1, 0.15) is 5.75 Å². The second-order valence-electron chi connectivity index (χ2n) is 8.25. The van der Waals surface area contributed by atoms with E-state index in [1.807, 2.05) is 35.2 Å². The van der Waals surface area contributed by atoms with Gasteiger partial charge in [-0.05, 0) is 37.1 Å². The third-order valence-corrected chi connectivity index (χ3v) is 6.41. The molecule has 0 bridgehead atoms. The number of carbonyl (C=O) groups is 1. The number of ether oxygens (including phenoxy) is 2. The summed E-state index contributed by atoms with van der Waals surface area (Å²) in [6.07, 6.45) is 5.07. The first-order valence-corrected chi connectivity index (χ1v) is 10.7. The maximum Gasteiger partial charge on any atom is 0.321 e. The average molecular weight is 435 g/mol. The van der Waals surface area contributed by atoms with Crippen LogP contribution in [0.15, 0.2) is 53.2 Å². The molecule has 4 heterocycles. The zero-order chi connectivity index (χ0) is 22.0. The lowest BCUT2D eigenvalue weighted by molar-refractivity contribution is 0.0104. The van der Waals surface area contributed by atoms with Gasteiger partial charge in [0, 0.05) is 61.4 Å². The van der Waals surface area contributed by atoms with Crippen molar-refractivity contribution in [2.45, 2.75) is 18.8 Å². The van der Waals surface area contributed by atoms with Crippen LogP contribution in [0.3, 0.4) is 0 Å². The van der Waals surface area contributed by atoms with Gasteiger partial charge in [0.15, 0.2) is 0 Å². The van der Waals surface area contributed by atoms with Crippen LogP contribution in [0.25, 0.3) is 11.5 Å². The molecule has 32 heavy (non-hydrogen) atoms. The standard InChI is InChI=1S/C23H25N5O4/c1-30-18-4-2-3-17(13-18)25-22(29)28-14-19(23(15-28)7-11-31-12-8-23)21-27-26-20(32-21)16-5-9-24-10-6-16/h2-6,9-10,13,19H,7-8,11-12,14-15H2,1H3,(H,25,29). The van der Waals surface area contributed by atoms with Crippen LogP contribution >= 0.6 is 0 Å². The largest absolute Gasteiger partial charge is 0.497 e. The van der Waals surface area contributed by atoms with Crippen LogP contribution < -0.4 is 10.1 Å². The maximum atomic E-state index is 13.1. The highest BCUT2D eigenvalue weighted by Crippen LogP contribution is 2.49. The van der Waals surface area contributed by atoms with Crippen molar-refractivity contribution < 1.29 is 18.7 Å². The molecule has 0 saturated carbocycles. The van der Waals surface area contributed by atoms with Crippen molar-refractivity contribution in [2.75, 3.05) is 38.7 Å². The Hall–Kier alpha value is -3.46. The SMILES string of the molecule is COc1cccc(NC(=O)N2CC(c3nnc(-c4ccncc4)o3)C3(CCOCC3)C2)c1. The molecule has 3 aromatic rings. The van der Waals surface area contributed by atoms with Crippen LogP contribution in [0.5, 0.6) is 5.75 Å². The monoisotopic (exact) mass is 435 g/mol. The molecule has 5 rings (SSSR count). The Labute approximate surface area is 185 Å². The lowest BCUT2D eigenvalue weighted by atomic mass is 9.72. The second-order valence-corrected chi connectivity index (χ2v) is 8.25. The highest BCUT2D eigenvalue weighted by Gasteiger charge is 2.51. The fourth-order valence-corrected chi connectivity index (χ4v) is 4.64. The minimum absolute atomic E-state index is 0.0504. The summed E-state index contributed by atoms with van der Waals surface area (Å²) in [4.78, 5) is 19.0. The Balaban J connectivity index is 1.38. The second kappa shape index (κ2) is 8.58. The van der Waals surface area contributed by atoms with E-state index < -0.39 is 0 Å². The number of rotatable bonds is 4. The van der Waals surface area contributed by atoms with Crippen molar-refractivity contribution >= 4 is 11.7 Å². The minimum Gasteiger partial charge on any atom is -0.497 e. The normalized spacial score (nSPS) is 19.8. The van der Waals surface area contributed by atoms with Crippen molar-refractivity contribution in [3.05, 3.63) is 54.7 Å². The zero-order valence-electron chi connectivity index (χ0n) is 17.9. The highest BCUT2D eigenvalue weighted by molar-refractivity contribution is 5.89. The topological polar surface area (TPSA) is 103 Å². The molecule has 1 spiro atoms. The van der Waals surface area contributed by atoms with Gasteiger partial charge in [-0.25, -0.2) is 4.79 Å². The van der Waals surface area contributed by atoms with Crippen molar-refractivity contribution in [1.29, 1.82) is 0 Å². The fraction of sp³-hybridized carbons (Fsp3) is 0.391. The molecule has 1 aromatic carbocycles. The summed E-state index contributed by atoms with van der Waals surface area (Å²) < 4.78 is 17.0. The summed E-state index contributed by atoms with van der Waals surface area (Å²) in [5.41, 5.74) is 1.37. The number of nitrogens with one attached hydrogen (secondary N) is 1. The first kappa shape index (κ1) is 20.4. The van der Waals surface area contributed by atoms with Gasteiger partial charge >= 0.3 is 6.03 Å². The van der Waals surface area contributed by atoms with Gasteiger partial charge in [-0.2, -0.15) is 0 Å². The number of pyridine rings is 1. The van der Waals surface area contributed by atoms with Gasteiger partial charge in [0.05, 0.1) is 13.0 Å². The van der Waals surface area contributed by atoms with Crippen molar-refractivity contribution in [3.63, 3.8) is 0 Å². The zero-order valence-corrected chi connectivity index (χ0v) is 17.9. The predicted octanol–water partition coefficient (Wildman–Crippen LogP) is 3.57. The number of aromatic nitrogens is 3. The molecule has 1 atom stereocenters. The van der Waals surface area contributed by atoms with E-state index in [1.165, 1.54) is 0 Å². The van der Waals surface area contributed by atoms with E-state index in [2.05, 4.69) is 20.5 Å². The first-order chi connectivity index (χ1) is 15.7. The molecule has 1 unspecified atom stereocenters. The van der Waals surface area contributed by atoms with E-state index in [1.54, 1.807) is 25.6 Å². The molecule has 9 nitrogen and oxygen atoms in total. The average Bonchev–Trinajstić information content (AvgIpc) is 3.46. The molecule has 1 N–H and O–H groups in total. The van der Waals surface area contributed by atoms with Gasteiger partial charge in [-0.1, -0.05) is 6.07 Å². The molecule has 0 aliphatic carbocycles. The van der Waals surface area contributed by atoms with E-state index in [9.17, 15) is 4.79 Å². The third-order valence-electron chi connectivity index (χ3n) is 6.41. The Bertz CT molecular complexity index is 1080. The van der Waals surface area contributed by atoms with E-state index >= 15 is 0 Å². The van der Waals surface area contributed by atoms with Crippen LogP contribution in [0.4, 0.5) is 10.5 Å². The highest BCUT2D eigenvalue weighted by atomic mass is 16.5. The number of benzene rings is 1. The quantitative estimate of drug-likeness (QED) is 0.668. The molecule has 0 radical (unpaired) electrons. The third kappa shape index (κ3) is 3.91. The lowest BCUT2D eigenvalue weighted by Crippen LogP contribution is -2.38. The van der Waals surface area contributed by atoms with Gasteiger partial charge in [-0.15, -0.1) is 10.2 Å². The van der Waals surface area contributed by atoms with Crippen molar-refractivity contribution in [2.24, 2.45) is 5.41 Å². The van der Waals surface area contributed by atoms with E-state index in [0.29, 0.717) is 49.5 Å². The molecule has 9 heteroatoms. The van der Waals surface area contributed by atoms with Crippen LogP contribution in [-0.4, -0.2) is 59.5 Å². The Morgan fingerprint density at radius 2 is 2.00 bits per heavy atom. The van der Waals surface area contributed by atoms with E-state index in [-0.39, 0.29) is 17.4 Å². The van der Waals surface area contributed by atoms with Gasteiger partial charge < -0.3 is 24.1 Å². The number of carbonyl (C=O) groups excluding carboxylic acids is 1. The maximum absolute atomic E-state index is 13.1. The molecule has 2 aromatic heterocycles. The van der Waals surface area contributed by atoms with Crippen LogP contribution in [0.1, 0.15) is 24.7 Å². The van der Waals surface area contributed by atoms with E-state index in [4.69, 9.17) is 13.9 Å². The summed E-state index contributed by atoms with van der Waals surface area (Å²) in [5.74, 6) is 1.67. The molecule has 2 amide bonds. The lowest BCUT2D eigenvalue weighted by Gasteiger charge is -2.36. The number of amides is 2. The number of urea groups is 1. The van der Waals surface area contributed by atoms with E-state index in [0.717, 1.165) is 18.4 Å². The molecule has 2 saturated heterocycles. The molecule has 2 aliphatic rings. The van der Waals surface area contributed by atoms with Crippen molar-refractivity contribution in [3.8, 4) is 17.2 Å². The smallest absolute Gasteiger partial charge is 0.321 e. The number of hydrogen-bond acceptors (Lipinski definition) is 7. The summed E-state index contributed by atoms with van der Waals surface area (Å²) >= 11 is 0. The Kier molecular flexibility index (Phi) is 5.48. The van der Waals surface area contributed by atoms with Gasteiger partial charge in [0.25, 0.3) is 0 Å². The molecular weight excluding hydrogens is 410 g/mol. The number of likely N-dealkylation sites (tertiary alicyclic amines) is 1. The van der Waals surface area contributed by atoms with Gasteiger partial charge in [-0.3, -0.25) is 4.98 Å². The molecular formula is C23H25N5O4. The Morgan fingerprint density at radius 3 is 2.78 bits per heavy atom. The van der Waals surface area contributed by atoms with Crippen molar-refractivity contribution in [1.82, 2.24) is 20.1 Å². The number of nitrogens with zero attached hydrogens (tertiary/aromatic N) is 4. The number of anilines is 1. The first-order valence-electron chi connectivity index (χ1n) is 10.7. The molecule has 166 valence electrons. The minimum atomic E-state index is -0.152. The number of hydrogen-bond donors (Lipinski definition) is 1.